The third kappa shape index (κ3) is 10.9. The molecule has 0 heterocycles. The van der Waals surface area contributed by atoms with Crippen LogP contribution in [0.2, 0.25) is 0 Å². The maximum absolute atomic E-state index is 11.0. The van der Waals surface area contributed by atoms with Crippen molar-refractivity contribution in [3.05, 3.63) is 0 Å². The summed E-state index contributed by atoms with van der Waals surface area (Å²) in [6, 6.07) is 0. The highest BCUT2D eigenvalue weighted by Crippen LogP contribution is 1.91. The molecule has 0 spiro atoms. The third-order valence-corrected chi connectivity index (χ3v) is 1.44. The molecular weight excluding hydrogens is 194 g/mol. The molecule has 0 bridgehead atoms. The van der Waals surface area contributed by atoms with Crippen molar-refractivity contribution in [2.75, 3.05) is 32.9 Å². The van der Waals surface area contributed by atoms with Gasteiger partial charge in [-0.2, -0.15) is 0 Å². The molecule has 0 aromatic rings. The Hall–Kier alpha value is -1.05. The van der Waals surface area contributed by atoms with Crippen LogP contribution in [0.25, 0.3) is 0 Å². The zero-order valence-electron chi connectivity index (χ0n) is 9.41. The quantitative estimate of drug-likeness (QED) is 0.361. The maximum Gasteiger partial charge on any atom is 0.320 e. The first-order valence-corrected chi connectivity index (χ1v) is 5.04. The van der Waals surface area contributed by atoms with Gasteiger partial charge in [0.2, 0.25) is 0 Å². The number of nitrogens with one attached hydrogen (secondary N) is 1. The summed E-state index contributed by atoms with van der Waals surface area (Å²) in [5, 5.41) is 2.74. The Morgan fingerprint density at radius 2 is 2.20 bits per heavy atom. The molecule has 0 fully saturated rings. The fourth-order valence-electron chi connectivity index (χ4n) is 0.821. The van der Waals surface area contributed by atoms with Gasteiger partial charge in [-0.05, 0) is 5.92 Å². The van der Waals surface area contributed by atoms with Crippen molar-refractivity contribution in [1.82, 2.24) is 5.32 Å². The molecule has 0 saturated carbocycles. The molecule has 0 aliphatic heterocycles. The lowest BCUT2D eigenvalue weighted by Gasteiger charge is -2.07. The molecule has 0 aliphatic carbocycles. The highest BCUT2D eigenvalue weighted by Gasteiger charge is 2.01. The van der Waals surface area contributed by atoms with Crippen LogP contribution < -0.4 is 5.32 Å². The Bertz CT molecular complexity index is 208. The monoisotopic (exact) mass is 213 g/mol. The molecule has 0 aliphatic rings. The lowest BCUT2D eigenvalue weighted by Crippen LogP contribution is -2.26. The van der Waals surface area contributed by atoms with Crippen molar-refractivity contribution in [3.8, 4) is 12.3 Å². The minimum absolute atomic E-state index is 0.147. The topological polar surface area (TPSA) is 47.6 Å². The predicted octanol–water partition coefficient (Wildman–Crippen LogP) is 0.425. The van der Waals surface area contributed by atoms with Crippen LogP contribution in [-0.2, 0) is 14.3 Å². The molecule has 0 unspecified atom stereocenters. The number of hydrogen-bond acceptors (Lipinski definition) is 4. The standard InChI is InChI=1S/C11H19NO3/c1-4-5-12-8-11(13)15-7-6-14-9-10(2)3/h1,10,12H,5-9H2,2-3H3. The summed E-state index contributed by atoms with van der Waals surface area (Å²) in [4.78, 5) is 11.0. The van der Waals surface area contributed by atoms with Crippen LogP contribution in [-0.4, -0.2) is 38.9 Å². The largest absolute Gasteiger partial charge is 0.462 e. The van der Waals surface area contributed by atoms with E-state index in [1.807, 2.05) is 0 Å². The van der Waals surface area contributed by atoms with Gasteiger partial charge in [0.25, 0.3) is 0 Å². The first-order chi connectivity index (χ1) is 7.16. The van der Waals surface area contributed by atoms with Gasteiger partial charge in [-0.25, -0.2) is 0 Å². The van der Waals surface area contributed by atoms with E-state index in [1.165, 1.54) is 0 Å². The van der Waals surface area contributed by atoms with Crippen molar-refractivity contribution in [1.29, 1.82) is 0 Å². The molecule has 0 saturated heterocycles. The second kappa shape index (κ2) is 9.50. The SMILES string of the molecule is C#CCNCC(=O)OCCOCC(C)C. The zero-order valence-corrected chi connectivity index (χ0v) is 9.41. The van der Waals surface area contributed by atoms with Gasteiger partial charge in [0.1, 0.15) is 6.61 Å². The summed E-state index contributed by atoms with van der Waals surface area (Å²) < 4.78 is 10.1. The van der Waals surface area contributed by atoms with E-state index in [1.54, 1.807) is 0 Å². The number of terminal acetylenes is 1. The zero-order chi connectivity index (χ0) is 11.5. The van der Waals surface area contributed by atoms with Gasteiger partial charge in [-0.15, -0.1) is 6.42 Å². The molecular formula is C11H19NO3. The first kappa shape index (κ1) is 13.9. The van der Waals surface area contributed by atoms with E-state index < -0.39 is 0 Å². The first-order valence-electron chi connectivity index (χ1n) is 5.04. The van der Waals surface area contributed by atoms with Crippen molar-refractivity contribution in [3.63, 3.8) is 0 Å². The molecule has 1 N–H and O–H groups in total. The molecule has 86 valence electrons. The Morgan fingerprint density at radius 1 is 1.47 bits per heavy atom. The van der Waals surface area contributed by atoms with Crippen molar-refractivity contribution in [2.24, 2.45) is 5.92 Å². The second-order valence-electron chi connectivity index (χ2n) is 3.50. The van der Waals surface area contributed by atoms with Gasteiger partial charge in [-0.1, -0.05) is 19.8 Å². The van der Waals surface area contributed by atoms with Crippen LogP contribution in [0, 0.1) is 18.3 Å². The number of ether oxygens (including phenoxy) is 2. The predicted molar refractivity (Wildman–Crippen MR) is 58.3 cm³/mol. The molecule has 4 nitrogen and oxygen atoms in total. The molecule has 0 aromatic heterocycles. The van der Waals surface area contributed by atoms with Crippen LogP contribution in [0.5, 0.6) is 0 Å². The highest BCUT2D eigenvalue weighted by molar-refractivity contribution is 5.71. The summed E-state index contributed by atoms with van der Waals surface area (Å²) in [6.07, 6.45) is 5.00. The summed E-state index contributed by atoms with van der Waals surface area (Å²) >= 11 is 0. The van der Waals surface area contributed by atoms with Crippen molar-refractivity contribution >= 4 is 5.97 Å². The van der Waals surface area contributed by atoms with E-state index >= 15 is 0 Å². The smallest absolute Gasteiger partial charge is 0.320 e. The van der Waals surface area contributed by atoms with Crippen LogP contribution in [0.15, 0.2) is 0 Å². The fourth-order valence-corrected chi connectivity index (χ4v) is 0.821. The lowest BCUT2D eigenvalue weighted by atomic mass is 10.2. The second-order valence-corrected chi connectivity index (χ2v) is 3.50. The van der Waals surface area contributed by atoms with Crippen LogP contribution in [0.3, 0.4) is 0 Å². The molecule has 15 heavy (non-hydrogen) atoms. The summed E-state index contributed by atoms with van der Waals surface area (Å²) in [5.41, 5.74) is 0. The van der Waals surface area contributed by atoms with E-state index in [9.17, 15) is 4.79 Å². The molecule has 0 atom stereocenters. The summed E-state index contributed by atoms with van der Waals surface area (Å²) in [7, 11) is 0. The van der Waals surface area contributed by atoms with E-state index in [-0.39, 0.29) is 12.5 Å². The Balaban J connectivity index is 3.21. The molecule has 0 radical (unpaired) electrons. The number of rotatable bonds is 8. The molecule has 0 aromatic carbocycles. The Kier molecular flexibility index (Phi) is 8.84. The van der Waals surface area contributed by atoms with Crippen molar-refractivity contribution < 1.29 is 14.3 Å². The van der Waals surface area contributed by atoms with E-state index in [4.69, 9.17) is 15.9 Å². The van der Waals surface area contributed by atoms with Crippen molar-refractivity contribution in [2.45, 2.75) is 13.8 Å². The number of hydrogen-bond donors (Lipinski definition) is 1. The minimum Gasteiger partial charge on any atom is -0.462 e. The van der Waals surface area contributed by atoms with Gasteiger partial charge in [0, 0.05) is 6.61 Å². The molecule has 4 heteroatoms. The number of carbonyl (C=O) groups excluding carboxylic acids is 1. The minimum atomic E-state index is -0.307. The van der Waals surface area contributed by atoms with E-state index in [2.05, 4.69) is 25.1 Å². The lowest BCUT2D eigenvalue weighted by molar-refractivity contribution is -0.144. The molecule has 0 amide bonds. The van der Waals surface area contributed by atoms with Gasteiger partial charge >= 0.3 is 5.97 Å². The van der Waals surface area contributed by atoms with Gasteiger partial charge < -0.3 is 9.47 Å². The Morgan fingerprint density at radius 3 is 2.80 bits per heavy atom. The third-order valence-electron chi connectivity index (χ3n) is 1.44. The van der Waals surface area contributed by atoms with Crippen LogP contribution >= 0.6 is 0 Å². The van der Waals surface area contributed by atoms with Gasteiger partial charge in [0.05, 0.1) is 19.7 Å². The fraction of sp³-hybridized carbons (Fsp3) is 0.727. The number of carbonyl (C=O) groups is 1. The van der Waals surface area contributed by atoms with Gasteiger partial charge in [-0.3, -0.25) is 10.1 Å². The van der Waals surface area contributed by atoms with Crippen LogP contribution in [0.1, 0.15) is 13.8 Å². The maximum atomic E-state index is 11.0. The summed E-state index contributed by atoms with van der Waals surface area (Å²) in [6.45, 7) is 6.08. The van der Waals surface area contributed by atoms with Crippen LogP contribution in [0.4, 0.5) is 0 Å². The Labute approximate surface area is 91.3 Å². The number of esters is 1. The van der Waals surface area contributed by atoms with E-state index in [0.717, 1.165) is 0 Å². The molecule has 0 rings (SSSR count). The normalized spacial score (nSPS) is 10.0. The average molecular weight is 213 g/mol. The van der Waals surface area contributed by atoms with Gasteiger partial charge in [0.15, 0.2) is 0 Å². The average Bonchev–Trinajstić information content (AvgIpc) is 2.17. The highest BCUT2D eigenvalue weighted by atomic mass is 16.6. The summed E-state index contributed by atoms with van der Waals surface area (Å²) in [5.74, 6) is 2.56. The van der Waals surface area contributed by atoms with E-state index in [0.29, 0.717) is 32.3 Å².